The van der Waals surface area contributed by atoms with Gasteiger partial charge < -0.3 is 0 Å². The molecule has 1 aliphatic rings. The quantitative estimate of drug-likeness (QED) is 0.171. The van der Waals surface area contributed by atoms with Crippen LogP contribution < -0.4 is 5.62 Å². The highest BCUT2D eigenvalue weighted by Crippen LogP contribution is 2.39. The van der Waals surface area contributed by atoms with E-state index in [4.69, 9.17) is 10.2 Å². The van der Waals surface area contributed by atoms with Crippen molar-refractivity contribution < 1.29 is 0 Å². The largest absolute Gasteiger partial charge is 0.284 e. The van der Waals surface area contributed by atoms with Crippen molar-refractivity contribution in [3.8, 4) is 22.5 Å². The van der Waals surface area contributed by atoms with Crippen LogP contribution in [0.2, 0.25) is 0 Å². The van der Waals surface area contributed by atoms with Gasteiger partial charge in [0.2, 0.25) is 5.62 Å². The molecule has 6 heteroatoms. The fourth-order valence-electron chi connectivity index (χ4n) is 6.18. The Labute approximate surface area is 252 Å². The van der Waals surface area contributed by atoms with Crippen LogP contribution in [0.15, 0.2) is 92.2 Å². The van der Waals surface area contributed by atoms with Crippen LogP contribution in [0.5, 0.6) is 0 Å². The van der Waals surface area contributed by atoms with E-state index in [0.717, 1.165) is 42.8 Å². The van der Waals surface area contributed by atoms with Crippen molar-refractivity contribution in [3.05, 3.63) is 132 Å². The van der Waals surface area contributed by atoms with E-state index in [1.165, 1.54) is 44.5 Å². The van der Waals surface area contributed by atoms with Gasteiger partial charge >= 0.3 is 0 Å². The predicted molar refractivity (Wildman–Crippen MR) is 172 cm³/mol. The van der Waals surface area contributed by atoms with Gasteiger partial charge in [0.15, 0.2) is 0 Å². The summed E-state index contributed by atoms with van der Waals surface area (Å²) in [6, 6.07) is 21.6. The summed E-state index contributed by atoms with van der Waals surface area (Å²) < 4.78 is 6.37. The molecular formula is C34H30Br2N4. The van der Waals surface area contributed by atoms with E-state index in [0.29, 0.717) is 0 Å². The van der Waals surface area contributed by atoms with Crippen LogP contribution in [0.4, 0.5) is 0 Å². The van der Waals surface area contributed by atoms with E-state index < -0.39 is 0 Å². The standard InChI is InChI=1S/C34H30Br2N4/c1-19-13-21(3)32(22(4)14-19)39-11-12-40(33-23(5)15-20(2)16-24(33)6)34(39)38-37-31-29-17-25(35)7-9-27(29)28-10-8-26(36)18-30(28)31/h7-18H,1-6H3. The second kappa shape index (κ2) is 10.2. The average molecular weight is 654 g/mol. The summed E-state index contributed by atoms with van der Waals surface area (Å²) in [6.07, 6.45) is 4.21. The van der Waals surface area contributed by atoms with Crippen molar-refractivity contribution in [2.45, 2.75) is 41.5 Å². The summed E-state index contributed by atoms with van der Waals surface area (Å²) in [4.78, 5) is 0. The highest BCUT2D eigenvalue weighted by atomic mass is 79.9. The van der Waals surface area contributed by atoms with Crippen LogP contribution in [0, 0.1) is 41.5 Å². The molecule has 6 rings (SSSR count). The number of benzene rings is 4. The molecule has 40 heavy (non-hydrogen) atoms. The zero-order valence-electron chi connectivity index (χ0n) is 23.5. The lowest BCUT2D eigenvalue weighted by Crippen LogP contribution is -2.26. The molecule has 5 aromatic rings. The number of hydrogen-bond donors (Lipinski definition) is 0. The maximum Gasteiger partial charge on any atom is 0.239 e. The number of rotatable bonds is 3. The fraction of sp³-hybridized carbons (Fsp3) is 0.176. The SMILES string of the molecule is Cc1cc(C)c(-n2ccn(-c3c(C)cc(C)cc3C)c2=NN=C2c3cc(Br)ccc3-c3ccc(Br)cc32)c(C)c1. The molecule has 1 aromatic heterocycles. The number of nitrogens with zero attached hydrogens (tertiary/aromatic N) is 4. The number of hydrogen-bond acceptors (Lipinski definition) is 2. The highest BCUT2D eigenvalue weighted by molar-refractivity contribution is 9.10. The van der Waals surface area contributed by atoms with E-state index in [1.807, 2.05) is 0 Å². The van der Waals surface area contributed by atoms with Crippen molar-refractivity contribution in [1.82, 2.24) is 9.13 Å². The van der Waals surface area contributed by atoms with Crippen LogP contribution in [0.1, 0.15) is 44.5 Å². The number of aryl methyl sites for hydroxylation is 6. The van der Waals surface area contributed by atoms with Crippen molar-refractivity contribution in [3.63, 3.8) is 0 Å². The Balaban J connectivity index is 1.68. The van der Waals surface area contributed by atoms with Gasteiger partial charge in [0.05, 0.1) is 11.4 Å². The maximum atomic E-state index is 5.05. The van der Waals surface area contributed by atoms with Crippen molar-refractivity contribution >= 4 is 37.6 Å². The van der Waals surface area contributed by atoms with E-state index in [9.17, 15) is 0 Å². The number of halogens is 2. The molecule has 0 saturated carbocycles. The van der Waals surface area contributed by atoms with Gasteiger partial charge in [-0.1, -0.05) is 79.4 Å². The molecule has 1 aliphatic carbocycles. The van der Waals surface area contributed by atoms with E-state index in [-0.39, 0.29) is 0 Å². The van der Waals surface area contributed by atoms with Gasteiger partial charge in [-0.2, -0.15) is 0 Å². The minimum absolute atomic E-state index is 0.748. The number of fused-ring (bicyclic) bond motifs is 3. The van der Waals surface area contributed by atoms with Crippen LogP contribution in [0.25, 0.3) is 22.5 Å². The molecule has 0 saturated heterocycles. The Morgan fingerprint density at radius 2 is 0.900 bits per heavy atom. The van der Waals surface area contributed by atoms with E-state index in [1.54, 1.807) is 0 Å². The Bertz CT molecular complexity index is 1760. The summed E-state index contributed by atoms with van der Waals surface area (Å²) >= 11 is 7.33. The summed E-state index contributed by atoms with van der Waals surface area (Å²) in [7, 11) is 0. The normalized spacial score (nSPS) is 11.9. The molecule has 0 N–H and O–H groups in total. The third-order valence-corrected chi connectivity index (χ3v) is 8.54. The van der Waals surface area contributed by atoms with E-state index in [2.05, 4.69) is 156 Å². The maximum absolute atomic E-state index is 5.05. The second-order valence-corrected chi connectivity index (χ2v) is 12.6. The zero-order chi connectivity index (χ0) is 28.3. The third kappa shape index (κ3) is 4.53. The number of aromatic nitrogens is 2. The molecule has 4 nitrogen and oxygen atoms in total. The summed E-state index contributed by atoms with van der Waals surface area (Å²) in [5.74, 6) is 0. The monoisotopic (exact) mass is 652 g/mol. The van der Waals surface area contributed by atoms with Gasteiger partial charge in [0, 0.05) is 32.5 Å². The first kappa shape index (κ1) is 26.7. The lowest BCUT2D eigenvalue weighted by molar-refractivity contribution is 0.820. The van der Waals surface area contributed by atoms with Gasteiger partial charge in [0.25, 0.3) is 0 Å². The van der Waals surface area contributed by atoms with E-state index >= 15 is 0 Å². The Hall–Kier alpha value is -3.48. The summed E-state index contributed by atoms with van der Waals surface area (Å²) in [6.45, 7) is 12.9. The molecular weight excluding hydrogens is 624 g/mol. The minimum Gasteiger partial charge on any atom is -0.284 e. The molecule has 200 valence electrons. The Morgan fingerprint density at radius 1 is 0.500 bits per heavy atom. The molecule has 0 amide bonds. The molecule has 0 bridgehead atoms. The van der Waals surface area contributed by atoms with Crippen molar-refractivity contribution in [1.29, 1.82) is 0 Å². The van der Waals surface area contributed by atoms with Crippen LogP contribution in [0.3, 0.4) is 0 Å². The topological polar surface area (TPSA) is 34.6 Å². The van der Waals surface area contributed by atoms with Gasteiger partial charge in [-0.15, -0.1) is 10.2 Å². The molecule has 0 aliphatic heterocycles. The van der Waals surface area contributed by atoms with Crippen molar-refractivity contribution in [2.75, 3.05) is 0 Å². The summed E-state index contributed by atoms with van der Waals surface area (Å²) in [5, 5.41) is 10.1. The van der Waals surface area contributed by atoms with Crippen LogP contribution >= 0.6 is 31.9 Å². The van der Waals surface area contributed by atoms with Crippen LogP contribution in [-0.4, -0.2) is 14.8 Å². The third-order valence-electron chi connectivity index (χ3n) is 7.55. The fourth-order valence-corrected chi connectivity index (χ4v) is 6.90. The van der Waals surface area contributed by atoms with Gasteiger partial charge in [0.1, 0.15) is 5.71 Å². The molecule has 0 fully saturated rings. The molecule has 1 heterocycles. The van der Waals surface area contributed by atoms with Gasteiger partial charge in [-0.3, -0.25) is 9.13 Å². The average Bonchev–Trinajstić information content (AvgIpc) is 3.39. The minimum atomic E-state index is 0.748. The Kier molecular flexibility index (Phi) is 6.79. The van der Waals surface area contributed by atoms with Gasteiger partial charge in [-0.05, 0) is 99.2 Å². The molecule has 0 atom stereocenters. The van der Waals surface area contributed by atoms with Crippen molar-refractivity contribution in [2.24, 2.45) is 10.2 Å². The molecule has 0 unspecified atom stereocenters. The smallest absolute Gasteiger partial charge is 0.239 e. The first-order valence-corrected chi connectivity index (χ1v) is 14.9. The molecule has 4 aromatic carbocycles. The molecule has 0 spiro atoms. The Morgan fingerprint density at radius 3 is 1.30 bits per heavy atom. The first-order valence-electron chi connectivity index (χ1n) is 13.3. The lowest BCUT2D eigenvalue weighted by atomic mass is 10.0. The highest BCUT2D eigenvalue weighted by Gasteiger charge is 2.26. The lowest BCUT2D eigenvalue weighted by Gasteiger charge is -2.15. The second-order valence-electron chi connectivity index (χ2n) is 10.8. The predicted octanol–water partition coefficient (Wildman–Crippen LogP) is 8.98. The molecule has 0 radical (unpaired) electrons. The van der Waals surface area contributed by atoms with Gasteiger partial charge in [-0.25, -0.2) is 0 Å². The first-order chi connectivity index (χ1) is 19.1. The van der Waals surface area contributed by atoms with Crippen LogP contribution in [-0.2, 0) is 0 Å². The zero-order valence-corrected chi connectivity index (χ0v) is 26.6. The number of imidazole rings is 1. The summed E-state index contributed by atoms with van der Waals surface area (Å²) in [5.41, 5.74) is 15.6.